The van der Waals surface area contributed by atoms with Gasteiger partial charge in [0.15, 0.2) is 20.0 Å². The summed E-state index contributed by atoms with van der Waals surface area (Å²) in [5, 5.41) is 0. The van der Waals surface area contributed by atoms with Crippen LogP contribution in [-0.4, -0.2) is 126 Å². The predicted octanol–water partition coefficient (Wildman–Crippen LogP) is 2.61. The quantitative estimate of drug-likeness (QED) is 0.258. The van der Waals surface area contributed by atoms with Crippen molar-refractivity contribution < 1.29 is 75.9 Å². The Hall–Kier alpha value is -0.570. The number of likely N-dealkylation sites (tertiary alicyclic amines) is 3. The standard InChI is InChI=1S/3C7H16N.C2F6NO4S2.H3O4P/c3*1-3-8(2)6-4-5-7-8;3-1(4,5)14(10,11)9-15(12,13)2(6,7)8;1-5(2,3)4/h3*3-7H2,1-2H3;;(H3,1,2,3,4)/q3*+1;-1;/p-2. The molecule has 3 fully saturated rings. The maximum atomic E-state index is 11.4. The minimum absolute atomic E-state index is 0.778. The van der Waals surface area contributed by atoms with Crippen molar-refractivity contribution in [2.75, 3.05) is 80.0 Å². The fraction of sp³-hybridized carbons (Fsp3) is 1.00. The molecule has 3 saturated heterocycles. The van der Waals surface area contributed by atoms with Crippen LogP contribution in [0.3, 0.4) is 0 Å². The lowest BCUT2D eigenvalue weighted by molar-refractivity contribution is -0.895. The minimum atomic E-state index is -6.72. The Morgan fingerprint density at radius 3 is 0.864 bits per heavy atom. The number of halogens is 6. The van der Waals surface area contributed by atoms with Crippen LogP contribution in [-0.2, 0) is 24.6 Å². The van der Waals surface area contributed by atoms with Gasteiger partial charge in [0.1, 0.15) is 0 Å². The average molecular weight is 719 g/mol. The molecule has 0 aromatic heterocycles. The topological polar surface area (TPSA) is 166 Å². The van der Waals surface area contributed by atoms with Gasteiger partial charge in [-0.2, -0.15) is 26.3 Å². The molecular weight excluding hydrogens is 669 g/mol. The number of alkyl halides is 6. The summed E-state index contributed by atoms with van der Waals surface area (Å²) in [4.78, 5) is 24.3. The van der Waals surface area contributed by atoms with E-state index in [9.17, 15) is 43.2 Å². The Morgan fingerprint density at radius 2 is 0.773 bits per heavy atom. The molecule has 0 saturated carbocycles. The van der Waals surface area contributed by atoms with Gasteiger partial charge in [0.05, 0.1) is 87.9 Å². The lowest BCUT2D eigenvalue weighted by Gasteiger charge is -2.26. The summed E-state index contributed by atoms with van der Waals surface area (Å²) in [6.07, 6.45) is 8.69. The zero-order chi connectivity index (χ0) is 35.3. The van der Waals surface area contributed by atoms with Gasteiger partial charge in [-0.3, -0.25) is 0 Å². The Labute approximate surface area is 258 Å². The van der Waals surface area contributed by atoms with E-state index in [-0.39, 0.29) is 0 Å². The highest BCUT2D eigenvalue weighted by molar-refractivity contribution is 8.13. The molecule has 0 radical (unpaired) electrons. The predicted molar refractivity (Wildman–Crippen MR) is 150 cm³/mol. The summed E-state index contributed by atoms with van der Waals surface area (Å²) in [5.74, 6) is 0. The summed E-state index contributed by atoms with van der Waals surface area (Å²) in [7, 11) is -11.5. The first-order valence-electron chi connectivity index (χ1n) is 14.1. The highest BCUT2D eigenvalue weighted by atomic mass is 32.3. The van der Waals surface area contributed by atoms with Crippen molar-refractivity contribution in [2.24, 2.45) is 0 Å². The number of phosphoric acid groups is 1. The van der Waals surface area contributed by atoms with E-state index >= 15 is 0 Å². The second kappa shape index (κ2) is 18.1. The van der Waals surface area contributed by atoms with Crippen LogP contribution in [0.25, 0.3) is 4.13 Å². The van der Waals surface area contributed by atoms with Gasteiger partial charge in [0.2, 0.25) is 0 Å². The largest absolute Gasteiger partial charge is 0.790 e. The molecule has 3 aliphatic rings. The molecule has 0 unspecified atom stereocenters. The third-order valence-electron chi connectivity index (χ3n) is 8.01. The Kier molecular flexibility index (Phi) is 18.7. The number of nitrogens with zero attached hydrogens (tertiary/aromatic N) is 4. The van der Waals surface area contributed by atoms with E-state index in [0.29, 0.717) is 0 Å². The van der Waals surface area contributed by atoms with E-state index in [2.05, 4.69) is 41.9 Å². The van der Waals surface area contributed by atoms with Gasteiger partial charge in [-0.1, -0.05) is 0 Å². The third-order valence-corrected chi connectivity index (χ3v) is 10.7. The molecule has 3 aliphatic heterocycles. The van der Waals surface area contributed by atoms with Crippen molar-refractivity contribution in [2.45, 2.75) is 70.3 Å². The number of hydrogen-bond acceptors (Lipinski definition) is 7. The Bertz CT molecular complexity index is 982. The van der Waals surface area contributed by atoms with Crippen LogP contribution < -0.4 is 9.79 Å². The molecule has 0 spiro atoms. The fourth-order valence-electron chi connectivity index (χ4n) is 4.46. The lowest BCUT2D eigenvalue weighted by Crippen LogP contribution is -2.40. The summed E-state index contributed by atoms with van der Waals surface area (Å²) in [6, 6.07) is 0. The van der Waals surface area contributed by atoms with E-state index in [0.717, 1.165) is 4.13 Å². The number of quaternary nitrogens is 3. The second-order valence-corrected chi connectivity index (χ2v) is 16.0. The van der Waals surface area contributed by atoms with Crippen LogP contribution >= 0.6 is 7.82 Å². The fourth-order valence-corrected chi connectivity index (χ4v) is 6.17. The molecule has 3 rings (SSSR count). The SMILES string of the molecule is CC[N+]1(C)CCCC1.CC[N+]1(C)CCCC1.CC[N+]1(C)CCCC1.O=P([O-])([O-])O.O=S(=O)([N-]S(=O)(=O)C(F)(F)F)C(F)(F)F. The van der Waals surface area contributed by atoms with Crippen LogP contribution in [0.5, 0.6) is 0 Å². The Morgan fingerprint density at radius 1 is 0.614 bits per heavy atom. The highest BCUT2D eigenvalue weighted by Gasteiger charge is 2.47. The molecule has 0 amide bonds. The summed E-state index contributed by atoms with van der Waals surface area (Å²) < 4.78 is 122. The molecule has 268 valence electrons. The summed E-state index contributed by atoms with van der Waals surface area (Å²) in [5.41, 5.74) is -12.4. The molecule has 3 heterocycles. The molecule has 0 aromatic rings. The summed E-state index contributed by atoms with van der Waals surface area (Å²) >= 11 is 0. The zero-order valence-electron chi connectivity index (χ0n) is 26.2. The zero-order valence-corrected chi connectivity index (χ0v) is 28.8. The number of sulfonamides is 2. The van der Waals surface area contributed by atoms with Crippen molar-refractivity contribution in [3.8, 4) is 0 Å². The van der Waals surface area contributed by atoms with Crippen molar-refractivity contribution in [1.82, 2.24) is 0 Å². The first-order chi connectivity index (χ1) is 19.5. The lowest BCUT2D eigenvalue weighted by atomic mass is 10.4. The van der Waals surface area contributed by atoms with Gasteiger partial charge < -0.3 is 36.8 Å². The van der Waals surface area contributed by atoms with E-state index in [1.54, 1.807) is 0 Å². The van der Waals surface area contributed by atoms with Crippen molar-refractivity contribution >= 4 is 27.9 Å². The van der Waals surface area contributed by atoms with E-state index in [4.69, 9.17) is 19.2 Å². The monoisotopic (exact) mass is 718 g/mol. The molecule has 0 aromatic carbocycles. The molecule has 12 nitrogen and oxygen atoms in total. The second-order valence-electron chi connectivity index (χ2n) is 11.7. The number of hydrogen-bond donors (Lipinski definition) is 1. The van der Waals surface area contributed by atoms with Crippen LogP contribution in [0.15, 0.2) is 0 Å². The van der Waals surface area contributed by atoms with Crippen molar-refractivity contribution in [3.05, 3.63) is 4.13 Å². The maximum Gasteiger partial charge on any atom is 0.480 e. The van der Waals surface area contributed by atoms with Gasteiger partial charge in [0, 0.05) is 38.5 Å². The molecule has 44 heavy (non-hydrogen) atoms. The van der Waals surface area contributed by atoms with Gasteiger partial charge in [-0.25, -0.2) is 16.8 Å². The van der Waals surface area contributed by atoms with Crippen molar-refractivity contribution in [1.29, 1.82) is 0 Å². The van der Waals surface area contributed by atoms with E-state index in [1.807, 2.05) is 0 Å². The molecule has 0 bridgehead atoms. The van der Waals surface area contributed by atoms with Gasteiger partial charge in [-0.15, -0.1) is 0 Å². The molecule has 1 N–H and O–H groups in total. The summed E-state index contributed by atoms with van der Waals surface area (Å²) in [6.45, 7) is 19.3. The van der Waals surface area contributed by atoms with Crippen molar-refractivity contribution in [3.63, 3.8) is 0 Å². The maximum absolute atomic E-state index is 11.4. The first kappa shape index (κ1) is 45.6. The molecular formula is C23H49F6N4O8PS2. The van der Waals surface area contributed by atoms with Crippen LogP contribution in [0.2, 0.25) is 0 Å². The molecule has 21 heteroatoms. The highest BCUT2D eigenvalue weighted by Crippen LogP contribution is 2.36. The van der Waals surface area contributed by atoms with Crippen LogP contribution in [0.1, 0.15) is 59.3 Å². The van der Waals surface area contributed by atoms with Crippen LogP contribution in [0, 0.1) is 0 Å². The van der Waals surface area contributed by atoms with E-state index < -0.39 is 38.9 Å². The third kappa shape index (κ3) is 19.2. The normalized spacial score (nSPS) is 20.9. The molecule has 0 atom stereocenters. The number of rotatable bonds is 5. The Balaban J connectivity index is 0. The van der Waals surface area contributed by atoms with E-state index in [1.165, 1.54) is 111 Å². The van der Waals surface area contributed by atoms with Gasteiger partial charge in [-0.05, 0) is 20.8 Å². The molecule has 0 aliphatic carbocycles. The smallest absolute Gasteiger partial charge is 0.480 e. The average Bonchev–Trinajstić information content (AvgIpc) is 3.60. The first-order valence-corrected chi connectivity index (χ1v) is 18.5. The van der Waals surface area contributed by atoms with Gasteiger partial charge in [0.25, 0.3) is 0 Å². The van der Waals surface area contributed by atoms with Crippen LogP contribution in [0.4, 0.5) is 26.3 Å². The minimum Gasteiger partial charge on any atom is -0.790 e. The van der Waals surface area contributed by atoms with Gasteiger partial charge >= 0.3 is 11.0 Å².